The average Bonchev–Trinajstić information content (AvgIpc) is 2.28. The summed E-state index contributed by atoms with van der Waals surface area (Å²) in [7, 11) is 0. The lowest BCUT2D eigenvalue weighted by Gasteiger charge is -2.32. The normalized spacial score (nSPS) is 21.3. The van der Waals surface area contributed by atoms with Crippen molar-refractivity contribution in [2.45, 2.75) is 47.0 Å². The highest BCUT2D eigenvalue weighted by Crippen LogP contribution is 2.40. The first kappa shape index (κ1) is 15.0. The Morgan fingerprint density at radius 1 is 1.39 bits per heavy atom. The molecule has 100 valence electrons. The maximum Gasteiger partial charge on any atom is 0.0109 e. The largest absolute Gasteiger partial charge is 0.327 e. The van der Waals surface area contributed by atoms with Crippen molar-refractivity contribution >= 4 is 0 Å². The Bertz CT molecular complexity index is 392. The SMILES string of the molecule is CC(C=CC1=C(C)CCCC1(C)C)=CC=CCN. The van der Waals surface area contributed by atoms with Crippen LogP contribution in [0.1, 0.15) is 47.0 Å². The maximum atomic E-state index is 5.42. The first-order valence-electron chi connectivity index (χ1n) is 6.89. The van der Waals surface area contributed by atoms with E-state index in [-0.39, 0.29) is 0 Å². The summed E-state index contributed by atoms with van der Waals surface area (Å²) < 4.78 is 0. The van der Waals surface area contributed by atoms with Crippen molar-refractivity contribution in [1.82, 2.24) is 0 Å². The first-order chi connectivity index (χ1) is 8.47. The molecule has 1 heteroatoms. The molecular weight excluding hydrogens is 218 g/mol. The van der Waals surface area contributed by atoms with Crippen molar-refractivity contribution in [2.75, 3.05) is 6.54 Å². The van der Waals surface area contributed by atoms with Gasteiger partial charge in [-0.2, -0.15) is 0 Å². The summed E-state index contributed by atoms with van der Waals surface area (Å²) in [4.78, 5) is 0. The smallest absolute Gasteiger partial charge is 0.0109 e. The Hall–Kier alpha value is -1.08. The molecule has 0 heterocycles. The van der Waals surface area contributed by atoms with Crippen molar-refractivity contribution < 1.29 is 0 Å². The maximum absolute atomic E-state index is 5.42. The standard InChI is InChI=1S/C17H27N/c1-14(8-5-6-13-18)10-11-16-15(2)9-7-12-17(16,3)4/h5-6,8,10-11H,7,9,12-13,18H2,1-4H3. The van der Waals surface area contributed by atoms with E-state index < -0.39 is 0 Å². The van der Waals surface area contributed by atoms with Crippen LogP contribution in [0.15, 0.2) is 47.1 Å². The van der Waals surface area contributed by atoms with Gasteiger partial charge in [-0.25, -0.2) is 0 Å². The third-order valence-electron chi connectivity index (χ3n) is 3.69. The minimum atomic E-state index is 0.326. The molecule has 1 rings (SSSR count). The van der Waals surface area contributed by atoms with E-state index in [1.54, 1.807) is 5.57 Å². The van der Waals surface area contributed by atoms with Gasteiger partial charge in [0.1, 0.15) is 0 Å². The molecule has 0 fully saturated rings. The van der Waals surface area contributed by atoms with Gasteiger partial charge in [0, 0.05) is 6.54 Å². The molecule has 2 N–H and O–H groups in total. The monoisotopic (exact) mass is 245 g/mol. The second kappa shape index (κ2) is 6.75. The van der Waals surface area contributed by atoms with E-state index >= 15 is 0 Å². The van der Waals surface area contributed by atoms with Crippen LogP contribution in [0.5, 0.6) is 0 Å². The summed E-state index contributed by atoms with van der Waals surface area (Å²) in [5.74, 6) is 0. The molecule has 0 radical (unpaired) electrons. The summed E-state index contributed by atoms with van der Waals surface area (Å²) in [5.41, 5.74) is 10.1. The highest BCUT2D eigenvalue weighted by molar-refractivity contribution is 5.36. The fourth-order valence-electron chi connectivity index (χ4n) is 2.58. The van der Waals surface area contributed by atoms with Crippen molar-refractivity contribution in [3.8, 4) is 0 Å². The number of hydrogen-bond acceptors (Lipinski definition) is 1. The minimum Gasteiger partial charge on any atom is -0.327 e. The van der Waals surface area contributed by atoms with Gasteiger partial charge in [-0.1, -0.05) is 55.4 Å². The molecule has 0 saturated heterocycles. The minimum absolute atomic E-state index is 0.326. The van der Waals surface area contributed by atoms with Crippen LogP contribution in [0.4, 0.5) is 0 Å². The van der Waals surface area contributed by atoms with Gasteiger partial charge in [0.15, 0.2) is 0 Å². The van der Waals surface area contributed by atoms with E-state index in [2.05, 4.69) is 45.9 Å². The molecule has 0 aromatic carbocycles. The molecule has 0 aliphatic heterocycles. The van der Waals surface area contributed by atoms with E-state index in [0.717, 1.165) is 0 Å². The predicted octanol–water partition coefficient (Wildman–Crippen LogP) is 4.53. The molecule has 0 atom stereocenters. The quantitative estimate of drug-likeness (QED) is 0.723. The predicted molar refractivity (Wildman–Crippen MR) is 81.4 cm³/mol. The third-order valence-corrected chi connectivity index (χ3v) is 3.69. The van der Waals surface area contributed by atoms with Crippen LogP contribution < -0.4 is 5.73 Å². The summed E-state index contributed by atoms with van der Waals surface area (Å²) in [6, 6.07) is 0. The lowest BCUT2D eigenvalue weighted by molar-refractivity contribution is 0.377. The lowest BCUT2D eigenvalue weighted by Crippen LogP contribution is -2.19. The Kier molecular flexibility index (Phi) is 5.61. The van der Waals surface area contributed by atoms with E-state index in [4.69, 9.17) is 5.73 Å². The van der Waals surface area contributed by atoms with Crippen LogP contribution in [0.3, 0.4) is 0 Å². The molecule has 0 unspecified atom stereocenters. The second-order valence-corrected chi connectivity index (χ2v) is 5.84. The van der Waals surface area contributed by atoms with E-state index in [0.29, 0.717) is 12.0 Å². The molecule has 0 amide bonds. The lowest BCUT2D eigenvalue weighted by atomic mass is 9.72. The molecule has 1 nitrogen and oxygen atoms in total. The van der Waals surface area contributed by atoms with Gasteiger partial charge < -0.3 is 5.73 Å². The van der Waals surface area contributed by atoms with Gasteiger partial charge in [0.05, 0.1) is 0 Å². The highest BCUT2D eigenvalue weighted by atomic mass is 14.5. The van der Waals surface area contributed by atoms with Crippen LogP contribution in [0, 0.1) is 5.41 Å². The molecule has 0 bridgehead atoms. The van der Waals surface area contributed by atoms with Crippen molar-refractivity contribution in [3.63, 3.8) is 0 Å². The Balaban J connectivity index is 2.82. The molecule has 0 saturated carbocycles. The zero-order chi connectivity index (χ0) is 13.6. The number of hydrogen-bond donors (Lipinski definition) is 1. The molecular formula is C17H27N. The number of nitrogens with two attached hydrogens (primary N) is 1. The fraction of sp³-hybridized carbons (Fsp3) is 0.529. The van der Waals surface area contributed by atoms with Crippen LogP contribution >= 0.6 is 0 Å². The van der Waals surface area contributed by atoms with Crippen molar-refractivity contribution in [3.05, 3.63) is 47.1 Å². The Labute approximate surface area is 112 Å². The number of rotatable bonds is 4. The van der Waals surface area contributed by atoms with Crippen molar-refractivity contribution in [1.29, 1.82) is 0 Å². The van der Waals surface area contributed by atoms with Gasteiger partial charge >= 0.3 is 0 Å². The summed E-state index contributed by atoms with van der Waals surface area (Å²) >= 11 is 0. The molecule has 1 aliphatic rings. The van der Waals surface area contributed by atoms with E-state index in [1.807, 2.05) is 12.2 Å². The first-order valence-corrected chi connectivity index (χ1v) is 6.89. The van der Waals surface area contributed by atoms with Crippen LogP contribution in [-0.2, 0) is 0 Å². The molecule has 0 spiro atoms. The topological polar surface area (TPSA) is 26.0 Å². The van der Waals surface area contributed by atoms with E-state index in [9.17, 15) is 0 Å². The van der Waals surface area contributed by atoms with Crippen LogP contribution in [0.25, 0.3) is 0 Å². The van der Waals surface area contributed by atoms with Gasteiger partial charge in [-0.05, 0) is 44.1 Å². The Morgan fingerprint density at radius 3 is 2.72 bits per heavy atom. The van der Waals surface area contributed by atoms with Gasteiger partial charge in [-0.3, -0.25) is 0 Å². The fourth-order valence-corrected chi connectivity index (χ4v) is 2.58. The summed E-state index contributed by atoms with van der Waals surface area (Å²) in [6.07, 6.45) is 14.5. The zero-order valence-corrected chi connectivity index (χ0v) is 12.3. The Morgan fingerprint density at radius 2 is 2.11 bits per heavy atom. The van der Waals surface area contributed by atoms with Gasteiger partial charge in [0.25, 0.3) is 0 Å². The third kappa shape index (κ3) is 4.30. The van der Waals surface area contributed by atoms with Crippen LogP contribution in [0.2, 0.25) is 0 Å². The average molecular weight is 245 g/mol. The number of allylic oxidation sites excluding steroid dienone is 7. The summed E-state index contributed by atoms with van der Waals surface area (Å²) in [5, 5.41) is 0. The molecule has 0 aromatic rings. The molecule has 18 heavy (non-hydrogen) atoms. The van der Waals surface area contributed by atoms with Gasteiger partial charge in [-0.15, -0.1) is 0 Å². The van der Waals surface area contributed by atoms with Crippen molar-refractivity contribution in [2.24, 2.45) is 11.1 Å². The summed E-state index contributed by atoms with van der Waals surface area (Å²) in [6.45, 7) is 9.70. The second-order valence-electron chi connectivity index (χ2n) is 5.84. The van der Waals surface area contributed by atoms with Gasteiger partial charge in [0.2, 0.25) is 0 Å². The molecule has 1 aliphatic carbocycles. The van der Waals surface area contributed by atoms with E-state index in [1.165, 1.54) is 30.4 Å². The molecule has 0 aromatic heterocycles. The zero-order valence-electron chi connectivity index (χ0n) is 12.3. The highest BCUT2D eigenvalue weighted by Gasteiger charge is 2.26. The van der Waals surface area contributed by atoms with Crippen LogP contribution in [-0.4, -0.2) is 6.54 Å².